The summed E-state index contributed by atoms with van der Waals surface area (Å²) in [6.45, 7) is 0. The first-order valence-electron chi connectivity index (χ1n) is 5.01. The zero-order valence-electron chi connectivity index (χ0n) is 8.72. The van der Waals surface area contributed by atoms with E-state index in [9.17, 15) is 0 Å². The molecule has 0 amide bonds. The number of hydrogen-bond donors (Lipinski definition) is 1. The van der Waals surface area contributed by atoms with Crippen LogP contribution in [0.2, 0.25) is 0 Å². The summed E-state index contributed by atoms with van der Waals surface area (Å²) in [4.78, 5) is 8.57. The van der Waals surface area contributed by atoms with Crippen molar-refractivity contribution in [2.24, 2.45) is 0 Å². The molecule has 17 heavy (non-hydrogen) atoms. The Labute approximate surface area is 106 Å². The third-order valence-electron chi connectivity index (χ3n) is 2.40. The van der Waals surface area contributed by atoms with E-state index >= 15 is 0 Å². The summed E-state index contributed by atoms with van der Waals surface area (Å²) in [5, 5.41) is 0. The number of hydrogen-bond acceptors (Lipinski definition) is 4. The van der Waals surface area contributed by atoms with E-state index in [4.69, 9.17) is 10.2 Å². The second-order valence-electron chi connectivity index (χ2n) is 3.57. The first-order chi connectivity index (χ1) is 8.24. The van der Waals surface area contributed by atoms with Gasteiger partial charge in [0.05, 0.1) is 5.69 Å². The van der Waals surface area contributed by atoms with Gasteiger partial charge in [0, 0.05) is 10.7 Å². The highest BCUT2D eigenvalue weighted by Gasteiger charge is 2.10. The molecule has 0 radical (unpaired) electrons. The minimum Gasteiger partial charge on any atom is -0.435 e. The van der Waals surface area contributed by atoms with Gasteiger partial charge in [-0.2, -0.15) is 0 Å². The van der Waals surface area contributed by atoms with Crippen LogP contribution in [0, 0.1) is 0 Å². The highest BCUT2D eigenvalue weighted by Crippen LogP contribution is 2.26. The van der Waals surface area contributed by atoms with Crippen LogP contribution in [-0.2, 0) is 0 Å². The van der Waals surface area contributed by atoms with E-state index in [0.29, 0.717) is 28.4 Å². The van der Waals surface area contributed by atoms with Crippen LogP contribution >= 0.6 is 15.9 Å². The average molecular weight is 290 g/mol. The minimum absolute atomic E-state index is 0.477. The molecule has 2 aromatic heterocycles. The molecule has 84 valence electrons. The van der Waals surface area contributed by atoms with Crippen LogP contribution in [0.15, 0.2) is 45.4 Å². The van der Waals surface area contributed by atoms with Crippen LogP contribution < -0.4 is 5.73 Å². The summed E-state index contributed by atoms with van der Waals surface area (Å²) in [5.74, 6) is 0.477. The van der Waals surface area contributed by atoms with E-state index in [-0.39, 0.29) is 0 Å². The van der Waals surface area contributed by atoms with Gasteiger partial charge >= 0.3 is 0 Å². The molecule has 0 unspecified atom stereocenters. The van der Waals surface area contributed by atoms with E-state index in [1.54, 1.807) is 12.3 Å². The molecule has 2 heterocycles. The van der Waals surface area contributed by atoms with Gasteiger partial charge in [0.2, 0.25) is 5.89 Å². The van der Waals surface area contributed by atoms with Gasteiger partial charge in [-0.1, -0.05) is 6.07 Å². The van der Waals surface area contributed by atoms with E-state index < -0.39 is 0 Å². The molecule has 0 fully saturated rings. The number of para-hydroxylation sites is 1. The first-order valence-corrected chi connectivity index (χ1v) is 5.80. The first kappa shape index (κ1) is 10.3. The van der Waals surface area contributed by atoms with Crippen molar-refractivity contribution in [2.45, 2.75) is 0 Å². The summed E-state index contributed by atoms with van der Waals surface area (Å²) in [5.41, 5.74) is 8.46. The normalized spacial score (nSPS) is 10.9. The quantitative estimate of drug-likeness (QED) is 0.699. The van der Waals surface area contributed by atoms with E-state index in [0.717, 1.165) is 4.47 Å². The number of nitrogen functional groups attached to an aromatic ring is 1. The zero-order valence-corrected chi connectivity index (χ0v) is 10.3. The Morgan fingerprint density at radius 1 is 1.18 bits per heavy atom. The smallest absolute Gasteiger partial charge is 0.246 e. The fourth-order valence-electron chi connectivity index (χ4n) is 1.58. The van der Waals surface area contributed by atoms with Crippen molar-refractivity contribution in [1.29, 1.82) is 0 Å². The summed E-state index contributed by atoms with van der Waals surface area (Å²) in [6, 6.07) is 9.19. The van der Waals surface area contributed by atoms with Crippen LogP contribution in [0.3, 0.4) is 0 Å². The highest BCUT2D eigenvalue weighted by atomic mass is 79.9. The van der Waals surface area contributed by atoms with Crippen molar-refractivity contribution >= 4 is 32.7 Å². The lowest BCUT2D eigenvalue weighted by molar-refractivity contribution is 0.617. The summed E-state index contributed by atoms with van der Waals surface area (Å²) >= 11 is 3.33. The molecule has 0 saturated carbocycles. The highest BCUT2D eigenvalue weighted by molar-refractivity contribution is 9.10. The molecule has 0 atom stereocenters. The summed E-state index contributed by atoms with van der Waals surface area (Å²) in [7, 11) is 0. The molecule has 5 heteroatoms. The molecule has 0 saturated heterocycles. The van der Waals surface area contributed by atoms with Gasteiger partial charge in [0.15, 0.2) is 5.58 Å². The fourth-order valence-corrected chi connectivity index (χ4v) is 1.82. The number of anilines is 1. The van der Waals surface area contributed by atoms with Crippen LogP contribution in [0.25, 0.3) is 22.7 Å². The number of nitrogens with two attached hydrogens (primary N) is 1. The van der Waals surface area contributed by atoms with Crippen molar-refractivity contribution < 1.29 is 4.42 Å². The van der Waals surface area contributed by atoms with Crippen molar-refractivity contribution in [2.75, 3.05) is 5.73 Å². The molecule has 0 bridgehead atoms. The Hall–Kier alpha value is -1.88. The molecule has 3 aromatic rings. The van der Waals surface area contributed by atoms with Crippen LogP contribution in [0.5, 0.6) is 0 Å². The van der Waals surface area contributed by atoms with Crippen molar-refractivity contribution in [3.05, 3.63) is 41.0 Å². The number of fused-ring (bicyclic) bond motifs is 1. The van der Waals surface area contributed by atoms with E-state index in [1.807, 2.05) is 24.3 Å². The molecule has 0 aliphatic heterocycles. The topological polar surface area (TPSA) is 64.9 Å². The predicted octanol–water partition coefficient (Wildman–Crippen LogP) is 3.23. The maximum Gasteiger partial charge on any atom is 0.246 e. The fraction of sp³-hybridized carbons (Fsp3) is 0. The maximum absolute atomic E-state index is 5.82. The van der Waals surface area contributed by atoms with E-state index in [2.05, 4.69) is 25.9 Å². The van der Waals surface area contributed by atoms with Crippen LogP contribution in [-0.4, -0.2) is 9.97 Å². The molecule has 1 aromatic carbocycles. The van der Waals surface area contributed by atoms with Gasteiger partial charge in [-0.25, -0.2) is 4.98 Å². The number of aromatic nitrogens is 2. The van der Waals surface area contributed by atoms with Crippen molar-refractivity contribution in [3.63, 3.8) is 0 Å². The Balaban J connectivity index is 2.18. The van der Waals surface area contributed by atoms with Gasteiger partial charge < -0.3 is 10.2 Å². The largest absolute Gasteiger partial charge is 0.435 e. The Kier molecular flexibility index (Phi) is 2.33. The Morgan fingerprint density at radius 3 is 2.76 bits per heavy atom. The van der Waals surface area contributed by atoms with Gasteiger partial charge in [-0.15, -0.1) is 0 Å². The molecule has 3 rings (SSSR count). The van der Waals surface area contributed by atoms with Gasteiger partial charge in [0.25, 0.3) is 0 Å². The number of oxazole rings is 1. The maximum atomic E-state index is 5.82. The number of benzene rings is 1. The van der Waals surface area contributed by atoms with Crippen LogP contribution in [0.1, 0.15) is 0 Å². The lowest BCUT2D eigenvalue weighted by Crippen LogP contribution is -1.85. The van der Waals surface area contributed by atoms with Crippen LogP contribution in [0.4, 0.5) is 5.69 Å². The molecule has 4 nitrogen and oxygen atoms in total. The Morgan fingerprint density at radius 2 is 2.06 bits per heavy atom. The number of halogens is 1. The number of pyridine rings is 1. The monoisotopic (exact) mass is 289 g/mol. The summed E-state index contributed by atoms with van der Waals surface area (Å²) < 4.78 is 6.52. The van der Waals surface area contributed by atoms with Gasteiger partial charge in [-0.3, -0.25) is 4.98 Å². The second kappa shape index (κ2) is 3.85. The van der Waals surface area contributed by atoms with Gasteiger partial charge in [-0.05, 0) is 40.2 Å². The third-order valence-corrected chi connectivity index (χ3v) is 2.87. The van der Waals surface area contributed by atoms with E-state index in [1.165, 1.54) is 0 Å². The zero-order chi connectivity index (χ0) is 11.8. The lowest BCUT2D eigenvalue weighted by Gasteiger charge is -1.93. The standard InChI is InChI=1S/C12H8BrN3O/c13-7-4-5-9(15-6-7)12-16-11-8(14)2-1-3-10(11)17-12/h1-6H,14H2. The third kappa shape index (κ3) is 1.78. The Bertz CT molecular complexity index is 676. The van der Waals surface area contributed by atoms with Crippen molar-refractivity contribution in [3.8, 4) is 11.6 Å². The molecule has 0 aliphatic carbocycles. The molecular weight excluding hydrogens is 282 g/mol. The predicted molar refractivity (Wildman–Crippen MR) is 69.4 cm³/mol. The number of nitrogens with zero attached hydrogens (tertiary/aromatic N) is 2. The SMILES string of the molecule is Nc1cccc2oc(-c3ccc(Br)cn3)nc12. The summed E-state index contributed by atoms with van der Waals surface area (Å²) in [6.07, 6.45) is 1.70. The molecule has 2 N–H and O–H groups in total. The lowest BCUT2D eigenvalue weighted by atomic mass is 10.3. The number of rotatable bonds is 1. The van der Waals surface area contributed by atoms with Crippen molar-refractivity contribution in [1.82, 2.24) is 9.97 Å². The molecule has 0 aliphatic rings. The second-order valence-corrected chi connectivity index (χ2v) is 4.49. The molecule has 0 spiro atoms. The molecular formula is C12H8BrN3O. The minimum atomic E-state index is 0.477. The van der Waals surface area contributed by atoms with Gasteiger partial charge in [0.1, 0.15) is 11.2 Å². The average Bonchev–Trinajstić information content (AvgIpc) is 2.75.